The van der Waals surface area contributed by atoms with Crippen LogP contribution in [-0.2, 0) is 10.0 Å². The molecule has 1 saturated carbocycles. The van der Waals surface area contributed by atoms with Crippen molar-refractivity contribution >= 4 is 26.0 Å². The van der Waals surface area contributed by atoms with Gasteiger partial charge in [-0.2, -0.15) is 4.31 Å². The summed E-state index contributed by atoms with van der Waals surface area (Å²) in [5.41, 5.74) is 0.953. The third-order valence-corrected chi connectivity index (χ3v) is 6.83. The second-order valence-corrected chi connectivity index (χ2v) is 9.35. The fourth-order valence-corrected chi connectivity index (χ4v) is 5.32. The summed E-state index contributed by atoms with van der Waals surface area (Å²) in [6.45, 7) is 4.23. The lowest BCUT2D eigenvalue weighted by Gasteiger charge is -2.32. The third-order valence-electron chi connectivity index (χ3n) is 4.50. The number of nitrogens with one attached hydrogen (secondary N) is 1. The maximum atomic E-state index is 12.8. The summed E-state index contributed by atoms with van der Waals surface area (Å²) < 4.78 is 28.0. The SMILES string of the molecule is Cc1cc(Br)cc(S(=O)(=O)N2CCC(NCC3CC3)CC2)c1. The Bertz CT molecular complexity index is 615. The lowest BCUT2D eigenvalue weighted by Crippen LogP contribution is -2.45. The van der Waals surface area contributed by atoms with Crippen molar-refractivity contribution in [1.82, 2.24) is 9.62 Å². The smallest absolute Gasteiger partial charge is 0.243 e. The molecule has 2 aliphatic rings. The number of rotatable bonds is 5. The number of hydrogen-bond donors (Lipinski definition) is 1. The summed E-state index contributed by atoms with van der Waals surface area (Å²) >= 11 is 3.39. The zero-order chi connectivity index (χ0) is 15.7. The average Bonchev–Trinajstić information content (AvgIpc) is 3.29. The van der Waals surface area contributed by atoms with Crippen molar-refractivity contribution in [1.29, 1.82) is 0 Å². The Morgan fingerprint density at radius 1 is 1.18 bits per heavy atom. The fraction of sp³-hybridized carbons (Fsp3) is 0.625. The van der Waals surface area contributed by atoms with Crippen LogP contribution in [0.25, 0.3) is 0 Å². The van der Waals surface area contributed by atoms with Crippen LogP contribution < -0.4 is 5.32 Å². The number of benzene rings is 1. The first-order valence-corrected chi connectivity index (χ1v) is 10.2. The molecule has 3 rings (SSSR count). The van der Waals surface area contributed by atoms with Crippen molar-refractivity contribution in [2.75, 3.05) is 19.6 Å². The number of piperidine rings is 1. The van der Waals surface area contributed by atoms with Gasteiger partial charge in [0.25, 0.3) is 0 Å². The molecule has 0 atom stereocenters. The Morgan fingerprint density at radius 3 is 2.45 bits per heavy atom. The van der Waals surface area contributed by atoms with Gasteiger partial charge in [0, 0.05) is 23.6 Å². The third kappa shape index (κ3) is 3.91. The van der Waals surface area contributed by atoms with E-state index in [4.69, 9.17) is 0 Å². The molecule has 22 heavy (non-hydrogen) atoms. The summed E-state index contributed by atoms with van der Waals surface area (Å²) in [5, 5.41) is 3.58. The van der Waals surface area contributed by atoms with Crippen LogP contribution in [0.1, 0.15) is 31.2 Å². The molecule has 6 heteroatoms. The van der Waals surface area contributed by atoms with E-state index in [0.29, 0.717) is 24.0 Å². The standard InChI is InChI=1S/C16H23BrN2O2S/c1-12-8-14(17)10-16(9-12)22(20,21)19-6-4-15(5-7-19)18-11-13-2-3-13/h8-10,13,15,18H,2-7,11H2,1H3. The molecule has 0 aromatic heterocycles. The van der Waals surface area contributed by atoms with Crippen LogP contribution in [0.3, 0.4) is 0 Å². The second kappa shape index (κ2) is 6.59. The van der Waals surface area contributed by atoms with E-state index in [9.17, 15) is 8.42 Å². The Morgan fingerprint density at radius 2 is 1.86 bits per heavy atom. The number of aryl methyl sites for hydroxylation is 1. The van der Waals surface area contributed by atoms with E-state index in [1.165, 1.54) is 12.8 Å². The van der Waals surface area contributed by atoms with Crippen LogP contribution in [0.4, 0.5) is 0 Å². The summed E-state index contributed by atoms with van der Waals surface area (Å²) in [6.07, 6.45) is 4.50. The van der Waals surface area contributed by atoms with E-state index < -0.39 is 10.0 Å². The second-order valence-electron chi connectivity index (χ2n) is 6.49. The highest BCUT2D eigenvalue weighted by Gasteiger charge is 2.30. The first kappa shape index (κ1) is 16.4. The predicted octanol–water partition coefficient (Wildman–Crippen LogP) is 2.91. The van der Waals surface area contributed by atoms with Gasteiger partial charge in [-0.25, -0.2) is 8.42 Å². The molecule has 1 heterocycles. The molecule has 1 aromatic carbocycles. The van der Waals surface area contributed by atoms with Gasteiger partial charge in [0.15, 0.2) is 0 Å². The molecule has 2 fully saturated rings. The Kier molecular flexibility index (Phi) is 4.92. The van der Waals surface area contributed by atoms with Crippen LogP contribution in [-0.4, -0.2) is 38.4 Å². The number of sulfonamides is 1. The molecule has 0 unspecified atom stereocenters. The van der Waals surface area contributed by atoms with Crippen LogP contribution in [0.15, 0.2) is 27.6 Å². The summed E-state index contributed by atoms with van der Waals surface area (Å²) in [6, 6.07) is 5.83. The predicted molar refractivity (Wildman–Crippen MR) is 91.4 cm³/mol. The van der Waals surface area contributed by atoms with Gasteiger partial charge < -0.3 is 5.32 Å². The minimum Gasteiger partial charge on any atom is -0.314 e. The van der Waals surface area contributed by atoms with Gasteiger partial charge in [0.05, 0.1) is 4.90 Å². The van der Waals surface area contributed by atoms with Gasteiger partial charge in [-0.1, -0.05) is 15.9 Å². The molecule has 1 saturated heterocycles. The average molecular weight is 387 g/mol. The molecular formula is C16H23BrN2O2S. The molecule has 122 valence electrons. The first-order valence-electron chi connectivity index (χ1n) is 7.96. The topological polar surface area (TPSA) is 49.4 Å². The molecule has 1 N–H and O–H groups in total. The van der Waals surface area contributed by atoms with Crippen LogP contribution >= 0.6 is 15.9 Å². The van der Waals surface area contributed by atoms with Crippen LogP contribution in [0.2, 0.25) is 0 Å². The van der Waals surface area contributed by atoms with Crippen molar-refractivity contribution in [3.05, 3.63) is 28.2 Å². The highest BCUT2D eigenvalue weighted by Crippen LogP contribution is 2.29. The molecule has 1 aliphatic heterocycles. The highest BCUT2D eigenvalue weighted by molar-refractivity contribution is 9.10. The van der Waals surface area contributed by atoms with Crippen molar-refractivity contribution in [3.8, 4) is 0 Å². The maximum Gasteiger partial charge on any atom is 0.243 e. The number of hydrogen-bond acceptors (Lipinski definition) is 3. The van der Waals surface area contributed by atoms with Gasteiger partial charge in [-0.15, -0.1) is 0 Å². The monoisotopic (exact) mass is 386 g/mol. The Hall–Kier alpha value is -0.430. The van der Waals surface area contributed by atoms with Gasteiger partial charge >= 0.3 is 0 Å². The zero-order valence-corrected chi connectivity index (χ0v) is 15.3. The molecular weight excluding hydrogens is 364 g/mol. The minimum atomic E-state index is -3.37. The summed E-state index contributed by atoms with van der Waals surface area (Å²) in [4.78, 5) is 0.392. The van der Waals surface area contributed by atoms with E-state index in [1.54, 1.807) is 16.4 Å². The van der Waals surface area contributed by atoms with Gasteiger partial charge in [0.2, 0.25) is 10.0 Å². The molecule has 0 amide bonds. The molecule has 1 aromatic rings. The first-order chi connectivity index (χ1) is 10.4. The van der Waals surface area contributed by atoms with Crippen molar-refractivity contribution in [2.45, 2.75) is 43.5 Å². The fourth-order valence-electron chi connectivity index (χ4n) is 2.96. The summed E-state index contributed by atoms with van der Waals surface area (Å²) in [7, 11) is -3.37. The molecule has 0 bridgehead atoms. The number of halogens is 1. The van der Waals surface area contributed by atoms with Crippen molar-refractivity contribution in [2.24, 2.45) is 5.92 Å². The number of nitrogens with zero attached hydrogens (tertiary/aromatic N) is 1. The van der Waals surface area contributed by atoms with Crippen LogP contribution in [0, 0.1) is 12.8 Å². The normalized spacial score (nSPS) is 21.2. The lowest BCUT2D eigenvalue weighted by molar-refractivity contribution is 0.288. The Labute approximate surface area is 141 Å². The van der Waals surface area contributed by atoms with E-state index in [-0.39, 0.29) is 0 Å². The quantitative estimate of drug-likeness (QED) is 0.845. The maximum absolute atomic E-state index is 12.8. The molecule has 0 spiro atoms. The Balaban J connectivity index is 1.63. The van der Waals surface area contributed by atoms with Crippen molar-refractivity contribution < 1.29 is 8.42 Å². The summed E-state index contributed by atoms with van der Waals surface area (Å²) in [5.74, 6) is 0.867. The highest BCUT2D eigenvalue weighted by atomic mass is 79.9. The van der Waals surface area contributed by atoms with E-state index in [2.05, 4.69) is 21.2 Å². The van der Waals surface area contributed by atoms with E-state index in [1.807, 2.05) is 13.0 Å². The van der Waals surface area contributed by atoms with Crippen LogP contribution in [0.5, 0.6) is 0 Å². The molecule has 1 aliphatic carbocycles. The van der Waals surface area contributed by atoms with Gasteiger partial charge in [-0.3, -0.25) is 0 Å². The minimum absolute atomic E-state index is 0.392. The molecule has 4 nitrogen and oxygen atoms in total. The van der Waals surface area contributed by atoms with E-state index >= 15 is 0 Å². The largest absolute Gasteiger partial charge is 0.314 e. The van der Waals surface area contributed by atoms with E-state index in [0.717, 1.165) is 35.3 Å². The van der Waals surface area contributed by atoms with Crippen molar-refractivity contribution in [3.63, 3.8) is 0 Å². The van der Waals surface area contributed by atoms with Gasteiger partial charge in [0.1, 0.15) is 0 Å². The van der Waals surface area contributed by atoms with Gasteiger partial charge in [-0.05, 0) is 68.8 Å². The molecule has 0 radical (unpaired) electrons. The zero-order valence-electron chi connectivity index (χ0n) is 12.9. The lowest BCUT2D eigenvalue weighted by atomic mass is 10.1.